The Morgan fingerprint density at radius 1 is 0.645 bits per heavy atom. The minimum absolute atomic E-state index is 0. The third-order valence-electron chi connectivity index (χ3n) is 2.75. The molecule has 2 aromatic rings. The molecule has 0 saturated heterocycles. The molecule has 0 heterocycles. The van der Waals surface area contributed by atoms with Crippen LogP contribution < -0.4 is 10.2 Å². The van der Waals surface area contributed by atoms with E-state index >= 15 is 0 Å². The molecule has 0 radical (unpaired) electrons. The summed E-state index contributed by atoms with van der Waals surface area (Å²) in [5, 5.41) is 36.0. The Balaban J connectivity index is -0.000000341. The van der Waals surface area contributed by atoms with Crippen molar-refractivity contribution in [3.05, 3.63) is 96.1 Å². The topological polar surface area (TPSA) is 155 Å². The molecule has 0 saturated carbocycles. The van der Waals surface area contributed by atoms with E-state index in [9.17, 15) is 29.4 Å². The van der Waals surface area contributed by atoms with Crippen molar-refractivity contribution < 1.29 is 59.1 Å². The molecular formula is C22H22O8Zn. The van der Waals surface area contributed by atoms with E-state index in [-0.39, 0.29) is 41.8 Å². The van der Waals surface area contributed by atoms with Gasteiger partial charge < -0.3 is 30.0 Å². The van der Waals surface area contributed by atoms with Crippen LogP contribution in [0, 0.1) is 0 Å². The number of hydrogen-bond donors (Lipinski definition) is 2. The molecule has 0 aliphatic rings. The minimum atomic E-state index is -1.13. The Labute approximate surface area is 192 Å². The van der Waals surface area contributed by atoms with Crippen molar-refractivity contribution in [3.63, 3.8) is 0 Å². The van der Waals surface area contributed by atoms with Gasteiger partial charge in [0.2, 0.25) is 0 Å². The average Bonchev–Trinajstić information content (AvgIpc) is 2.70. The van der Waals surface area contributed by atoms with Crippen molar-refractivity contribution in [1.82, 2.24) is 0 Å². The molecule has 2 N–H and O–H groups in total. The number of aromatic carboxylic acids is 2. The van der Waals surface area contributed by atoms with Gasteiger partial charge in [-0.2, -0.15) is 0 Å². The van der Waals surface area contributed by atoms with E-state index in [1.54, 1.807) is 36.4 Å². The Bertz CT molecular complexity index is 764. The number of aliphatic carboxylic acids is 2. The van der Waals surface area contributed by atoms with Crippen molar-refractivity contribution in [1.29, 1.82) is 0 Å². The fourth-order valence-electron chi connectivity index (χ4n) is 1.15. The zero-order valence-electron chi connectivity index (χ0n) is 17.2. The summed E-state index contributed by atoms with van der Waals surface area (Å²) in [7, 11) is 0. The van der Waals surface area contributed by atoms with Crippen molar-refractivity contribution >= 4 is 23.9 Å². The molecule has 0 bridgehead atoms. The maximum Gasteiger partial charge on any atom is 2.00 e. The van der Waals surface area contributed by atoms with Crippen molar-refractivity contribution in [2.75, 3.05) is 0 Å². The largest absolute Gasteiger partial charge is 2.00 e. The first-order valence-electron chi connectivity index (χ1n) is 8.20. The van der Waals surface area contributed by atoms with Crippen LogP contribution in [0.5, 0.6) is 0 Å². The quantitative estimate of drug-likeness (QED) is 0.492. The fourth-order valence-corrected chi connectivity index (χ4v) is 1.15. The maximum absolute atomic E-state index is 10.1. The predicted octanol–water partition coefficient (Wildman–Crippen LogP) is 1.39. The first-order valence-corrected chi connectivity index (χ1v) is 8.20. The van der Waals surface area contributed by atoms with Crippen LogP contribution in [-0.4, -0.2) is 34.1 Å². The molecule has 0 aliphatic heterocycles. The zero-order chi connectivity index (χ0) is 23.7. The molecule has 2 rings (SSSR count). The van der Waals surface area contributed by atoms with Crippen LogP contribution >= 0.6 is 0 Å². The van der Waals surface area contributed by atoms with E-state index < -0.39 is 23.9 Å². The molecule has 0 atom stereocenters. The summed E-state index contributed by atoms with van der Waals surface area (Å²) in [6.45, 7) is 9.20. The smallest absolute Gasteiger partial charge is 0.545 e. The molecule has 31 heavy (non-hydrogen) atoms. The molecule has 160 valence electrons. The summed E-state index contributed by atoms with van der Waals surface area (Å²) in [5.41, 5.74) is 0.792. The van der Waals surface area contributed by atoms with E-state index in [4.69, 9.17) is 10.2 Å². The van der Waals surface area contributed by atoms with Gasteiger partial charge in [0.05, 0.1) is 11.9 Å². The van der Waals surface area contributed by atoms with E-state index in [1.165, 1.54) is 38.1 Å². The normalized spacial score (nSPS) is 8.06. The summed E-state index contributed by atoms with van der Waals surface area (Å²) in [5.74, 6) is -4.13. The molecule has 0 aliphatic carbocycles. The fraction of sp³-hybridized carbons (Fsp3) is 0.0909. The summed E-state index contributed by atoms with van der Waals surface area (Å²) in [4.78, 5) is 39.4. The first-order chi connectivity index (χ1) is 13.9. The number of carbonyl (C=O) groups is 4. The summed E-state index contributed by atoms with van der Waals surface area (Å²) in [6.07, 6.45) is 0. The van der Waals surface area contributed by atoms with Gasteiger partial charge in [0.15, 0.2) is 0 Å². The van der Waals surface area contributed by atoms with Crippen LogP contribution in [0.25, 0.3) is 0 Å². The van der Waals surface area contributed by atoms with Crippen molar-refractivity contribution in [2.45, 2.75) is 13.8 Å². The van der Waals surface area contributed by atoms with Gasteiger partial charge in [-0.1, -0.05) is 73.8 Å². The number of benzene rings is 2. The third kappa shape index (κ3) is 19.5. The molecule has 0 fully saturated rings. The van der Waals surface area contributed by atoms with Crippen LogP contribution in [0.2, 0.25) is 0 Å². The van der Waals surface area contributed by atoms with Gasteiger partial charge in [-0.05, 0) is 25.0 Å². The zero-order valence-corrected chi connectivity index (χ0v) is 20.2. The summed E-state index contributed by atoms with van der Waals surface area (Å²) >= 11 is 0. The standard InChI is InChI=1S/2C7H6O2.2C4H6O2.Zn/c2*8-7(9)6-4-2-1-3-5-6;2*1-3(2)4(5)6;/h2*1-5H,(H,8,9);2*1H2,2H3,(H,5,6);/q;;;;+2/p-2. The Hall–Kier alpha value is -3.58. The Morgan fingerprint density at radius 3 is 0.935 bits per heavy atom. The predicted molar refractivity (Wildman–Crippen MR) is 106 cm³/mol. The molecule has 0 aromatic heterocycles. The van der Waals surface area contributed by atoms with Gasteiger partial charge in [0.1, 0.15) is 0 Å². The van der Waals surface area contributed by atoms with E-state index in [2.05, 4.69) is 13.2 Å². The van der Waals surface area contributed by atoms with Gasteiger partial charge in [-0.15, -0.1) is 0 Å². The van der Waals surface area contributed by atoms with Crippen LogP contribution in [0.15, 0.2) is 85.0 Å². The van der Waals surface area contributed by atoms with E-state index in [0.29, 0.717) is 0 Å². The minimum Gasteiger partial charge on any atom is -0.545 e. The van der Waals surface area contributed by atoms with E-state index in [1.807, 2.05) is 0 Å². The van der Waals surface area contributed by atoms with Crippen molar-refractivity contribution in [2.24, 2.45) is 0 Å². The second-order valence-corrected chi connectivity index (χ2v) is 5.48. The van der Waals surface area contributed by atoms with Gasteiger partial charge in [0.25, 0.3) is 0 Å². The maximum atomic E-state index is 10.1. The van der Waals surface area contributed by atoms with Crippen LogP contribution in [0.3, 0.4) is 0 Å². The van der Waals surface area contributed by atoms with E-state index in [0.717, 1.165) is 0 Å². The molecule has 8 nitrogen and oxygen atoms in total. The molecule has 0 spiro atoms. The van der Waals surface area contributed by atoms with Crippen molar-refractivity contribution in [3.8, 4) is 0 Å². The number of carboxylic acids is 4. The Morgan fingerprint density at radius 2 is 0.839 bits per heavy atom. The monoisotopic (exact) mass is 478 g/mol. The number of rotatable bonds is 4. The first kappa shape index (κ1) is 32.1. The van der Waals surface area contributed by atoms with Crippen LogP contribution in [0.4, 0.5) is 0 Å². The van der Waals surface area contributed by atoms with Crippen LogP contribution in [-0.2, 0) is 29.1 Å². The third-order valence-corrected chi connectivity index (χ3v) is 2.75. The SMILES string of the molecule is C=C(C)C(=O)O.C=C(C)C(=O)O.O=C([O-])c1ccccc1.O=C([O-])c1ccccc1.[Zn+2]. The second-order valence-electron chi connectivity index (χ2n) is 5.48. The molecule has 0 amide bonds. The number of carboxylic acid groups (broad SMARTS) is 4. The second kappa shape index (κ2) is 18.5. The van der Waals surface area contributed by atoms with Gasteiger partial charge >= 0.3 is 31.4 Å². The number of carbonyl (C=O) groups excluding carboxylic acids is 2. The average molecular weight is 480 g/mol. The molecular weight excluding hydrogens is 458 g/mol. The summed E-state index contributed by atoms with van der Waals surface area (Å²) in [6, 6.07) is 16.1. The van der Waals surface area contributed by atoms with Crippen LogP contribution in [0.1, 0.15) is 34.6 Å². The molecule has 0 unspecified atom stereocenters. The molecule has 2 aromatic carbocycles. The summed E-state index contributed by atoms with van der Waals surface area (Å²) < 4.78 is 0. The van der Waals surface area contributed by atoms with Gasteiger partial charge in [0, 0.05) is 11.1 Å². The van der Waals surface area contributed by atoms with Gasteiger partial charge in [-0.3, -0.25) is 0 Å². The number of hydrogen-bond acceptors (Lipinski definition) is 6. The molecule has 9 heteroatoms. The Kier molecular flexibility index (Phi) is 19.1. The van der Waals surface area contributed by atoms with Gasteiger partial charge in [-0.25, -0.2) is 9.59 Å².